The molecule has 3 aliphatic rings. The molecular formula is C38H47ClN8O11S2. The second kappa shape index (κ2) is 17.5. The van der Waals surface area contributed by atoms with Gasteiger partial charge in [-0.3, -0.25) is 19.2 Å². The Kier molecular flexibility index (Phi) is 12.9. The first-order chi connectivity index (χ1) is 28.3. The molecule has 3 aromatic rings. The van der Waals surface area contributed by atoms with Crippen molar-refractivity contribution in [2.24, 2.45) is 23.5 Å². The summed E-state index contributed by atoms with van der Waals surface area (Å²) in [6, 6.07) is -1.10. The van der Waals surface area contributed by atoms with Crippen LogP contribution in [0.3, 0.4) is 0 Å². The largest absolute Gasteiger partial charge is 0.504 e. The summed E-state index contributed by atoms with van der Waals surface area (Å²) in [6.07, 6.45) is 6.56. The smallest absolute Gasteiger partial charge is 0.350 e. The van der Waals surface area contributed by atoms with Gasteiger partial charge in [-0.25, -0.2) is 14.6 Å². The highest BCUT2D eigenvalue weighted by atomic mass is 35.5. The fourth-order valence-corrected chi connectivity index (χ4v) is 10.4. The van der Waals surface area contributed by atoms with Crippen molar-refractivity contribution in [2.45, 2.75) is 87.6 Å². The Labute approximate surface area is 356 Å². The van der Waals surface area contributed by atoms with Crippen molar-refractivity contribution < 1.29 is 49.2 Å². The topological polar surface area (TPSA) is 288 Å². The number of aromatic nitrogens is 2. The van der Waals surface area contributed by atoms with E-state index in [0.29, 0.717) is 13.0 Å². The van der Waals surface area contributed by atoms with Gasteiger partial charge >= 0.3 is 11.9 Å². The number of oxime groups is 1. The van der Waals surface area contributed by atoms with Crippen molar-refractivity contribution in [1.29, 1.82) is 0 Å². The van der Waals surface area contributed by atoms with Crippen LogP contribution in [0.25, 0.3) is 10.9 Å². The number of phenolic OH excluding ortho intramolecular Hbond substituents is 2. The lowest BCUT2D eigenvalue weighted by Gasteiger charge is -2.56. The molecule has 2 saturated heterocycles. The van der Waals surface area contributed by atoms with Gasteiger partial charge in [0, 0.05) is 48.9 Å². The highest BCUT2D eigenvalue weighted by Gasteiger charge is 2.59. The Hall–Kier alpha value is -5.12. The molecule has 19 nitrogen and oxygen atoms in total. The highest BCUT2D eigenvalue weighted by molar-refractivity contribution is 8.00. The number of rotatable bonds is 15. The van der Waals surface area contributed by atoms with E-state index in [1.54, 1.807) is 7.05 Å². The van der Waals surface area contributed by atoms with E-state index < -0.39 is 81.3 Å². The summed E-state index contributed by atoms with van der Waals surface area (Å²) in [5.41, 5.74) is 2.63. The van der Waals surface area contributed by atoms with Gasteiger partial charge in [0.25, 0.3) is 11.8 Å². The minimum Gasteiger partial charge on any atom is -0.504 e. The fraction of sp³-hybridized carbons (Fsp3) is 0.526. The van der Waals surface area contributed by atoms with E-state index >= 15 is 0 Å². The molecule has 0 spiro atoms. The first-order valence-electron chi connectivity index (χ1n) is 19.2. The summed E-state index contributed by atoms with van der Waals surface area (Å²) in [6.45, 7) is 5.36. The number of aromatic hydroxyl groups is 2. The number of nitrogens with zero attached hydrogens (tertiary/aromatic N) is 4. The molecule has 1 aromatic carbocycles. The standard InChI is InChI=1S/C38H47ClN8O11S2/c1-17-18(27(34(54)55)47-32(53)26(33(47)60-17)44-31(52)25(20-15-59-36(40)43-20)45-58-37(2,3)35(56)57)13-41-11-10-38(8-6-5-7-9-38)16-42-30(51)19-14-46(4)21-12-22(48)29(50)24(39)23(21)28(19)49/h12,14-15,17-18,26-27,33,41,48,50H,5-11,13,16H2,1-4H3,(H2,40,43)(H,42,51)(H,44,52)(H,54,55)(H,56,57)/b45-25-/t17-,18?,26+,27?,33+/m0/s1. The molecule has 1 saturated carbocycles. The number of halogens is 1. The van der Waals surface area contributed by atoms with E-state index in [1.165, 1.54) is 52.7 Å². The third-order valence-corrected chi connectivity index (χ3v) is 14.1. The number of carbonyl (C=O) groups excluding carboxylic acids is 3. The van der Waals surface area contributed by atoms with E-state index in [0.717, 1.165) is 43.4 Å². The predicted molar refractivity (Wildman–Crippen MR) is 223 cm³/mol. The SMILES string of the molecule is C[C@@H]1S[C@@H]2[C@H](NC(=O)/C(=N\OC(C)(C)C(=O)O)c3csc(N)n3)C(=O)N2C(C(=O)O)C1CNCCC1(CNC(=O)c2cn(C)c3cc(O)c(O)c(Cl)c3c2=O)CCCCC1. The number of β-lactam (4-membered cyclic amide) rings is 1. The lowest BCUT2D eigenvalue weighted by Crippen LogP contribution is -2.77. The number of pyridine rings is 1. The van der Waals surface area contributed by atoms with Crippen LogP contribution in [0.4, 0.5) is 5.13 Å². The third kappa shape index (κ3) is 8.70. The number of fused-ring (bicyclic) bond motifs is 2. The number of carbonyl (C=O) groups is 5. The molecule has 4 heterocycles. The molecule has 2 unspecified atom stereocenters. The number of benzene rings is 1. The summed E-state index contributed by atoms with van der Waals surface area (Å²) in [4.78, 5) is 88.8. The van der Waals surface area contributed by atoms with Crippen LogP contribution in [0.1, 0.15) is 75.3 Å². The Balaban J connectivity index is 1.09. The maximum atomic E-state index is 13.6. The fourth-order valence-electron chi connectivity index (χ4n) is 7.96. The second-order valence-corrected chi connectivity index (χ2v) is 18.7. The number of carboxylic acids is 2. The van der Waals surface area contributed by atoms with Crippen molar-refractivity contribution in [3.05, 3.63) is 44.1 Å². The lowest BCUT2D eigenvalue weighted by atomic mass is 9.71. The Morgan fingerprint density at radius 2 is 1.85 bits per heavy atom. The van der Waals surface area contributed by atoms with Crippen molar-refractivity contribution in [1.82, 2.24) is 30.4 Å². The number of aliphatic carboxylic acids is 2. The van der Waals surface area contributed by atoms with Crippen LogP contribution >= 0.6 is 34.7 Å². The van der Waals surface area contributed by atoms with Gasteiger partial charge in [0.2, 0.25) is 16.9 Å². The average molecular weight is 891 g/mol. The molecule has 2 aliphatic heterocycles. The zero-order valence-electron chi connectivity index (χ0n) is 33.2. The molecule has 324 valence electrons. The van der Waals surface area contributed by atoms with Crippen molar-refractivity contribution >= 4 is 86.1 Å². The number of thioether (sulfide) groups is 1. The number of thiazole rings is 1. The number of anilines is 1. The minimum absolute atomic E-state index is 0.00180. The first-order valence-corrected chi connectivity index (χ1v) is 21.4. The molecule has 0 bridgehead atoms. The zero-order chi connectivity index (χ0) is 43.8. The van der Waals surface area contributed by atoms with E-state index in [9.17, 15) is 49.2 Å². The van der Waals surface area contributed by atoms with Crippen LogP contribution in [0.2, 0.25) is 5.02 Å². The van der Waals surface area contributed by atoms with Gasteiger partial charge in [0.05, 0.1) is 15.9 Å². The molecule has 5 atom stereocenters. The number of amides is 3. The van der Waals surface area contributed by atoms with Gasteiger partial charge < -0.3 is 56.4 Å². The van der Waals surface area contributed by atoms with E-state index in [1.807, 2.05) is 6.92 Å². The Morgan fingerprint density at radius 3 is 2.48 bits per heavy atom. The normalized spacial score (nSPS) is 22.8. The van der Waals surface area contributed by atoms with Crippen molar-refractivity contribution in [3.8, 4) is 11.5 Å². The Morgan fingerprint density at radius 1 is 1.15 bits per heavy atom. The van der Waals surface area contributed by atoms with Crippen LogP contribution in [0.5, 0.6) is 11.5 Å². The molecule has 6 rings (SSSR count). The van der Waals surface area contributed by atoms with Gasteiger partial charge in [-0.15, -0.1) is 23.1 Å². The Bertz CT molecular complexity index is 2310. The molecule has 3 amide bonds. The van der Waals surface area contributed by atoms with Crippen LogP contribution in [0.15, 0.2) is 27.6 Å². The van der Waals surface area contributed by atoms with Crippen molar-refractivity contribution in [2.75, 3.05) is 25.4 Å². The van der Waals surface area contributed by atoms with Gasteiger partial charge in [0.15, 0.2) is 22.3 Å². The minimum atomic E-state index is -1.80. The summed E-state index contributed by atoms with van der Waals surface area (Å²) < 4.78 is 1.48. The summed E-state index contributed by atoms with van der Waals surface area (Å²) >= 11 is 8.58. The van der Waals surface area contributed by atoms with Crippen LogP contribution in [-0.2, 0) is 31.1 Å². The molecule has 3 fully saturated rings. The number of phenols is 2. The van der Waals surface area contributed by atoms with Crippen molar-refractivity contribution in [3.63, 3.8) is 0 Å². The zero-order valence-corrected chi connectivity index (χ0v) is 35.6. The molecule has 9 N–H and O–H groups in total. The van der Waals surface area contributed by atoms with E-state index in [4.69, 9.17) is 22.2 Å². The number of nitrogens with one attached hydrogen (secondary N) is 3. The number of aryl methyl sites for hydroxylation is 1. The van der Waals surface area contributed by atoms with E-state index in [-0.39, 0.29) is 56.1 Å². The summed E-state index contributed by atoms with van der Waals surface area (Å²) in [5.74, 6) is -6.29. The third-order valence-electron chi connectivity index (χ3n) is 11.5. The average Bonchev–Trinajstić information content (AvgIpc) is 3.63. The van der Waals surface area contributed by atoms with Gasteiger partial charge in [-0.05, 0) is 45.1 Å². The molecule has 2 aromatic heterocycles. The molecular weight excluding hydrogens is 844 g/mol. The summed E-state index contributed by atoms with van der Waals surface area (Å²) in [7, 11) is 1.59. The predicted octanol–water partition coefficient (Wildman–Crippen LogP) is 2.44. The molecule has 0 radical (unpaired) electrons. The first kappa shape index (κ1) is 44.4. The maximum absolute atomic E-state index is 13.6. The van der Waals surface area contributed by atoms with Gasteiger partial charge in [-0.2, -0.15) is 0 Å². The maximum Gasteiger partial charge on any atom is 0.350 e. The number of nitrogens with two attached hydrogens (primary N) is 1. The molecule has 22 heteroatoms. The molecule has 1 aliphatic carbocycles. The quantitative estimate of drug-likeness (QED) is 0.0358. The number of nitrogen functional groups attached to an aromatic ring is 1. The van der Waals surface area contributed by atoms with Crippen LogP contribution in [-0.4, -0.2) is 118 Å². The van der Waals surface area contributed by atoms with Gasteiger partial charge in [0.1, 0.15) is 28.7 Å². The second-order valence-electron chi connectivity index (χ2n) is 15.9. The number of carboxylic acid groups (broad SMARTS) is 2. The van der Waals surface area contributed by atoms with Gasteiger partial charge in [-0.1, -0.05) is 42.9 Å². The van der Waals surface area contributed by atoms with Crippen LogP contribution < -0.4 is 27.1 Å². The molecule has 60 heavy (non-hydrogen) atoms. The highest BCUT2D eigenvalue weighted by Crippen LogP contribution is 2.45. The monoisotopic (exact) mass is 890 g/mol. The summed E-state index contributed by atoms with van der Waals surface area (Å²) in [5, 5.41) is 52.8. The number of hydrogen-bond acceptors (Lipinski definition) is 15. The van der Waals surface area contributed by atoms with E-state index in [2.05, 4.69) is 26.1 Å². The lowest BCUT2D eigenvalue weighted by molar-refractivity contribution is -0.165. The number of hydrogen-bond donors (Lipinski definition) is 8. The van der Waals surface area contributed by atoms with Crippen LogP contribution in [0, 0.1) is 11.3 Å².